The van der Waals surface area contributed by atoms with Gasteiger partial charge in [0.15, 0.2) is 5.01 Å². The zero-order chi connectivity index (χ0) is 17.1. The zero-order valence-corrected chi connectivity index (χ0v) is 14.8. The maximum atomic E-state index is 12.4. The highest BCUT2D eigenvalue weighted by molar-refractivity contribution is 7.17. The Bertz CT molecular complexity index is 864. The molecule has 0 spiro atoms. The van der Waals surface area contributed by atoms with Crippen LogP contribution in [0.3, 0.4) is 0 Å². The molecule has 1 heterocycles. The highest BCUT2D eigenvalue weighted by Crippen LogP contribution is 2.39. The molecule has 3 aromatic rings. The molecule has 1 amide bonds. The van der Waals surface area contributed by atoms with Crippen molar-refractivity contribution in [2.45, 2.75) is 0 Å². The minimum absolute atomic E-state index is 0.294. The first-order valence-electron chi connectivity index (χ1n) is 7.25. The minimum atomic E-state index is -0.294. The van der Waals surface area contributed by atoms with E-state index < -0.39 is 0 Å². The molecule has 0 aliphatic carbocycles. The van der Waals surface area contributed by atoms with Crippen LogP contribution >= 0.6 is 22.9 Å². The van der Waals surface area contributed by atoms with E-state index >= 15 is 0 Å². The lowest BCUT2D eigenvalue weighted by molar-refractivity contribution is -0.0757. The Morgan fingerprint density at radius 3 is 2.46 bits per heavy atom. The Kier molecular flexibility index (Phi) is 4.94. The quantitative estimate of drug-likeness (QED) is 0.631. The van der Waals surface area contributed by atoms with E-state index in [4.69, 9.17) is 16.4 Å². The third-order valence-corrected chi connectivity index (χ3v) is 4.96. The molecule has 1 aromatic heterocycles. The van der Waals surface area contributed by atoms with E-state index in [1.54, 1.807) is 7.05 Å². The van der Waals surface area contributed by atoms with Gasteiger partial charge in [0.1, 0.15) is 0 Å². The molecule has 24 heavy (non-hydrogen) atoms. The van der Waals surface area contributed by atoms with Crippen LogP contribution in [0.25, 0.3) is 21.7 Å². The first kappa shape index (κ1) is 16.6. The number of hydroxylamine groups is 2. The number of nitrogens with zero attached hydrogens (tertiary/aromatic N) is 2. The zero-order valence-electron chi connectivity index (χ0n) is 13.2. The predicted octanol–water partition coefficient (Wildman–Crippen LogP) is 4.76. The van der Waals surface area contributed by atoms with Crippen LogP contribution in [-0.4, -0.2) is 30.1 Å². The second-order valence-corrected chi connectivity index (χ2v) is 6.43. The topological polar surface area (TPSA) is 42.4 Å². The van der Waals surface area contributed by atoms with Crippen molar-refractivity contribution in [1.29, 1.82) is 0 Å². The van der Waals surface area contributed by atoms with Gasteiger partial charge >= 0.3 is 5.91 Å². The summed E-state index contributed by atoms with van der Waals surface area (Å²) in [5, 5.41) is 2.11. The molecule has 0 saturated heterocycles. The van der Waals surface area contributed by atoms with E-state index in [9.17, 15) is 4.79 Å². The molecule has 3 rings (SSSR count). The number of aromatic nitrogens is 1. The lowest BCUT2D eigenvalue weighted by Gasteiger charge is -2.10. The molecule has 0 atom stereocenters. The maximum Gasteiger partial charge on any atom is 0.306 e. The van der Waals surface area contributed by atoms with E-state index in [2.05, 4.69) is 4.98 Å². The Balaban J connectivity index is 2.18. The van der Waals surface area contributed by atoms with Gasteiger partial charge in [0, 0.05) is 12.6 Å². The summed E-state index contributed by atoms with van der Waals surface area (Å²) >= 11 is 7.67. The molecule has 0 aliphatic heterocycles. The van der Waals surface area contributed by atoms with E-state index in [0.29, 0.717) is 15.7 Å². The monoisotopic (exact) mass is 358 g/mol. The smallest absolute Gasteiger partial charge is 0.274 e. The van der Waals surface area contributed by atoms with Crippen molar-refractivity contribution in [2.24, 2.45) is 0 Å². The van der Waals surface area contributed by atoms with Gasteiger partial charge in [-0.1, -0.05) is 60.1 Å². The van der Waals surface area contributed by atoms with Crippen molar-refractivity contribution in [3.8, 4) is 21.7 Å². The lowest BCUT2D eigenvalue weighted by atomic mass is 10.1. The molecule has 0 bridgehead atoms. The summed E-state index contributed by atoms with van der Waals surface area (Å²) in [6, 6.07) is 17.3. The summed E-state index contributed by atoms with van der Waals surface area (Å²) in [4.78, 5) is 22.8. The van der Waals surface area contributed by atoms with Gasteiger partial charge in [-0.3, -0.25) is 9.63 Å². The Morgan fingerprint density at radius 2 is 1.79 bits per heavy atom. The molecule has 2 aromatic carbocycles. The standard InChI is InChI=1S/C18H15ClN2O2S/c1-21(23-2)18(22)17-20-15(13-10-6-7-11-14(13)19)16(24-17)12-8-4-3-5-9-12/h3-11H,1-2H3. The van der Waals surface area contributed by atoms with Crippen molar-refractivity contribution in [3.05, 3.63) is 64.6 Å². The van der Waals surface area contributed by atoms with Gasteiger partial charge < -0.3 is 0 Å². The molecule has 0 fully saturated rings. The fourth-order valence-corrected chi connectivity index (χ4v) is 3.53. The van der Waals surface area contributed by atoms with Crippen LogP contribution in [0.15, 0.2) is 54.6 Å². The molecule has 122 valence electrons. The second kappa shape index (κ2) is 7.13. The van der Waals surface area contributed by atoms with Crippen molar-refractivity contribution >= 4 is 28.8 Å². The van der Waals surface area contributed by atoms with Gasteiger partial charge in [0.25, 0.3) is 0 Å². The SMILES string of the molecule is CON(C)C(=O)c1nc(-c2ccccc2Cl)c(-c2ccccc2)s1. The second-order valence-electron chi connectivity index (χ2n) is 5.03. The van der Waals surface area contributed by atoms with Crippen LogP contribution in [0.1, 0.15) is 9.80 Å². The van der Waals surface area contributed by atoms with Crippen molar-refractivity contribution in [1.82, 2.24) is 10.0 Å². The average molecular weight is 359 g/mol. The number of hydrogen-bond acceptors (Lipinski definition) is 4. The number of hydrogen-bond donors (Lipinski definition) is 0. The molecule has 0 saturated carbocycles. The van der Waals surface area contributed by atoms with Gasteiger partial charge in [-0.15, -0.1) is 11.3 Å². The van der Waals surface area contributed by atoms with Crippen LogP contribution < -0.4 is 0 Å². The van der Waals surface area contributed by atoms with Crippen LogP contribution in [0.5, 0.6) is 0 Å². The fourth-order valence-electron chi connectivity index (χ4n) is 2.25. The van der Waals surface area contributed by atoms with Gasteiger partial charge in [0.05, 0.1) is 22.7 Å². The summed E-state index contributed by atoms with van der Waals surface area (Å²) in [7, 11) is 3.00. The molecule has 4 nitrogen and oxygen atoms in total. The van der Waals surface area contributed by atoms with Crippen molar-refractivity contribution < 1.29 is 9.63 Å². The van der Waals surface area contributed by atoms with E-state index in [1.165, 1.54) is 18.4 Å². The summed E-state index contributed by atoms with van der Waals surface area (Å²) in [6.07, 6.45) is 0. The number of thiazole rings is 1. The average Bonchev–Trinajstić information content (AvgIpc) is 3.06. The molecule has 0 aliphatic rings. The third-order valence-electron chi connectivity index (χ3n) is 3.53. The van der Waals surface area contributed by atoms with E-state index in [0.717, 1.165) is 21.1 Å². The van der Waals surface area contributed by atoms with Gasteiger partial charge in [-0.05, 0) is 11.6 Å². The normalized spacial score (nSPS) is 10.6. The summed E-state index contributed by atoms with van der Waals surface area (Å²) in [5.41, 5.74) is 2.49. The van der Waals surface area contributed by atoms with Crippen molar-refractivity contribution in [2.75, 3.05) is 14.2 Å². The molecule has 0 N–H and O–H groups in total. The van der Waals surface area contributed by atoms with E-state index in [1.807, 2.05) is 54.6 Å². The molecule has 0 radical (unpaired) electrons. The first-order chi connectivity index (χ1) is 11.6. The Labute approximate surface area is 149 Å². The summed E-state index contributed by atoms with van der Waals surface area (Å²) in [6.45, 7) is 0. The Morgan fingerprint density at radius 1 is 1.12 bits per heavy atom. The van der Waals surface area contributed by atoms with Crippen LogP contribution in [0.4, 0.5) is 0 Å². The predicted molar refractivity (Wildman–Crippen MR) is 97.1 cm³/mol. The highest BCUT2D eigenvalue weighted by atomic mass is 35.5. The van der Waals surface area contributed by atoms with Crippen LogP contribution in [0, 0.1) is 0 Å². The number of rotatable bonds is 4. The third kappa shape index (κ3) is 3.19. The molecule has 6 heteroatoms. The number of amides is 1. The van der Waals surface area contributed by atoms with Gasteiger partial charge in [-0.2, -0.15) is 0 Å². The maximum absolute atomic E-state index is 12.4. The minimum Gasteiger partial charge on any atom is -0.274 e. The van der Waals surface area contributed by atoms with E-state index in [-0.39, 0.29) is 5.91 Å². The lowest BCUT2D eigenvalue weighted by Crippen LogP contribution is -2.25. The number of carbonyl (C=O) groups excluding carboxylic acids is 1. The first-order valence-corrected chi connectivity index (χ1v) is 8.44. The molecule has 0 unspecified atom stereocenters. The fraction of sp³-hybridized carbons (Fsp3) is 0.111. The molecular weight excluding hydrogens is 344 g/mol. The summed E-state index contributed by atoms with van der Waals surface area (Å²) < 4.78 is 0. The van der Waals surface area contributed by atoms with Gasteiger partial charge in [0.2, 0.25) is 0 Å². The molecular formula is C18H15ClN2O2S. The Hall–Kier alpha value is -2.21. The van der Waals surface area contributed by atoms with Crippen LogP contribution in [0.2, 0.25) is 5.02 Å². The van der Waals surface area contributed by atoms with Crippen molar-refractivity contribution in [3.63, 3.8) is 0 Å². The number of halogens is 1. The number of carbonyl (C=O) groups is 1. The largest absolute Gasteiger partial charge is 0.306 e. The van der Waals surface area contributed by atoms with Gasteiger partial charge in [-0.25, -0.2) is 10.0 Å². The summed E-state index contributed by atoms with van der Waals surface area (Å²) in [5.74, 6) is -0.294. The number of benzene rings is 2. The highest BCUT2D eigenvalue weighted by Gasteiger charge is 2.22. The van der Waals surface area contributed by atoms with Crippen LogP contribution in [-0.2, 0) is 4.84 Å².